The number of amides is 1. The van der Waals surface area contributed by atoms with Crippen LogP contribution >= 0.6 is 0 Å². The van der Waals surface area contributed by atoms with E-state index in [9.17, 15) is 4.79 Å². The van der Waals surface area contributed by atoms with E-state index in [2.05, 4.69) is 35.2 Å². The second-order valence-electron chi connectivity index (χ2n) is 6.23. The SMILES string of the molecule is NCC(=O)N1CCC[C@@H]1CN(Cc1ccccc1)C1CC1. The molecule has 2 aliphatic rings. The maximum atomic E-state index is 11.9. The smallest absolute Gasteiger partial charge is 0.236 e. The van der Waals surface area contributed by atoms with Crippen LogP contribution < -0.4 is 5.73 Å². The number of likely N-dealkylation sites (tertiary alicyclic amines) is 1. The molecule has 0 bridgehead atoms. The van der Waals surface area contributed by atoms with Gasteiger partial charge < -0.3 is 10.6 Å². The van der Waals surface area contributed by atoms with Crippen LogP contribution in [0.1, 0.15) is 31.2 Å². The van der Waals surface area contributed by atoms with Gasteiger partial charge in [-0.1, -0.05) is 30.3 Å². The van der Waals surface area contributed by atoms with E-state index in [0.29, 0.717) is 12.1 Å². The second-order valence-corrected chi connectivity index (χ2v) is 6.23. The minimum atomic E-state index is 0.105. The van der Waals surface area contributed by atoms with Crippen LogP contribution in [0.4, 0.5) is 0 Å². The molecule has 4 heteroatoms. The van der Waals surface area contributed by atoms with E-state index >= 15 is 0 Å². The van der Waals surface area contributed by atoms with Gasteiger partial charge in [-0.15, -0.1) is 0 Å². The van der Waals surface area contributed by atoms with Crippen LogP contribution in [0.25, 0.3) is 0 Å². The van der Waals surface area contributed by atoms with Crippen molar-refractivity contribution in [1.82, 2.24) is 9.80 Å². The van der Waals surface area contributed by atoms with Gasteiger partial charge in [-0.25, -0.2) is 0 Å². The lowest BCUT2D eigenvalue weighted by atomic mass is 10.1. The highest BCUT2D eigenvalue weighted by Crippen LogP contribution is 2.30. The Hall–Kier alpha value is -1.39. The Balaban J connectivity index is 1.64. The van der Waals surface area contributed by atoms with Crippen molar-refractivity contribution in [2.75, 3.05) is 19.6 Å². The Bertz CT molecular complexity index is 472. The van der Waals surface area contributed by atoms with Gasteiger partial charge in [-0.05, 0) is 31.2 Å². The predicted octanol–water partition coefficient (Wildman–Crippen LogP) is 1.60. The van der Waals surface area contributed by atoms with Gasteiger partial charge in [0.15, 0.2) is 0 Å². The summed E-state index contributed by atoms with van der Waals surface area (Å²) in [5, 5.41) is 0. The van der Waals surface area contributed by atoms with Gasteiger partial charge in [0.2, 0.25) is 5.91 Å². The number of hydrogen-bond acceptors (Lipinski definition) is 3. The predicted molar refractivity (Wildman–Crippen MR) is 83.7 cm³/mol. The maximum Gasteiger partial charge on any atom is 0.236 e. The lowest BCUT2D eigenvalue weighted by Crippen LogP contribution is -2.45. The zero-order valence-corrected chi connectivity index (χ0v) is 12.6. The summed E-state index contributed by atoms with van der Waals surface area (Å²) in [7, 11) is 0. The van der Waals surface area contributed by atoms with Crippen molar-refractivity contribution in [3.05, 3.63) is 35.9 Å². The topological polar surface area (TPSA) is 49.6 Å². The fourth-order valence-electron chi connectivity index (χ4n) is 3.34. The molecule has 1 atom stereocenters. The molecule has 0 radical (unpaired) electrons. The van der Waals surface area contributed by atoms with E-state index in [1.165, 1.54) is 18.4 Å². The van der Waals surface area contributed by atoms with Gasteiger partial charge >= 0.3 is 0 Å². The maximum absolute atomic E-state index is 11.9. The second kappa shape index (κ2) is 6.58. The average molecular weight is 287 g/mol. The molecule has 1 saturated carbocycles. The number of carbonyl (C=O) groups excluding carboxylic acids is 1. The zero-order valence-electron chi connectivity index (χ0n) is 12.6. The zero-order chi connectivity index (χ0) is 14.7. The van der Waals surface area contributed by atoms with E-state index < -0.39 is 0 Å². The van der Waals surface area contributed by atoms with Crippen molar-refractivity contribution >= 4 is 5.91 Å². The summed E-state index contributed by atoms with van der Waals surface area (Å²) in [4.78, 5) is 16.5. The summed E-state index contributed by atoms with van der Waals surface area (Å²) in [5.41, 5.74) is 6.90. The summed E-state index contributed by atoms with van der Waals surface area (Å²) < 4.78 is 0. The highest BCUT2D eigenvalue weighted by Gasteiger charge is 2.34. The van der Waals surface area contributed by atoms with Crippen LogP contribution in [0.2, 0.25) is 0 Å². The van der Waals surface area contributed by atoms with Crippen molar-refractivity contribution in [1.29, 1.82) is 0 Å². The summed E-state index contributed by atoms with van der Waals surface area (Å²) in [6.07, 6.45) is 4.82. The fraction of sp³-hybridized carbons (Fsp3) is 0.588. The molecule has 114 valence electrons. The normalized spacial score (nSPS) is 22.0. The number of nitrogens with zero attached hydrogens (tertiary/aromatic N) is 2. The molecule has 4 nitrogen and oxygen atoms in total. The molecule has 1 heterocycles. The molecule has 1 aromatic rings. The van der Waals surface area contributed by atoms with Crippen molar-refractivity contribution < 1.29 is 4.79 Å². The molecule has 1 aromatic carbocycles. The molecule has 1 saturated heterocycles. The lowest BCUT2D eigenvalue weighted by Gasteiger charge is -2.31. The number of benzene rings is 1. The Morgan fingerprint density at radius 3 is 2.67 bits per heavy atom. The van der Waals surface area contributed by atoms with Gasteiger partial charge in [0.25, 0.3) is 0 Å². The van der Waals surface area contributed by atoms with Gasteiger partial charge in [0.1, 0.15) is 0 Å². The Morgan fingerprint density at radius 2 is 2.00 bits per heavy atom. The number of nitrogens with two attached hydrogens (primary N) is 1. The third kappa shape index (κ3) is 3.63. The Labute approximate surface area is 126 Å². The monoisotopic (exact) mass is 287 g/mol. The van der Waals surface area contributed by atoms with Crippen LogP contribution in [0, 0.1) is 0 Å². The summed E-state index contributed by atoms with van der Waals surface area (Å²) in [5.74, 6) is 0.105. The first-order valence-electron chi connectivity index (χ1n) is 8.05. The van der Waals surface area contributed by atoms with E-state index in [0.717, 1.165) is 32.5 Å². The molecule has 3 rings (SSSR count). The summed E-state index contributed by atoms with van der Waals surface area (Å²) in [6.45, 7) is 3.00. The average Bonchev–Trinajstić information content (AvgIpc) is 3.27. The standard InChI is InChI=1S/C17H25N3O/c18-11-17(21)20-10-4-7-16(20)13-19(15-8-9-15)12-14-5-2-1-3-6-14/h1-3,5-6,15-16H,4,7-13,18H2/t16-/m1/s1. The summed E-state index contributed by atoms with van der Waals surface area (Å²) in [6, 6.07) is 11.7. The summed E-state index contributed by atoms with van der Waals surface area (Å²) >= 11 is 0. The number of hydrogen-bond donors (Lipinski definition) is 1. The van der Waals surface area contributed by atoms with E-state index in [1.807, 2.05) is 4.90 Å². The van der Waals surface area contributed by atoms with Crippen LogP contribution in [0.3, 0.4) is 0 Å². The molecule has 0 unspecified atom stereocenters. The minimum absolute atomic E-state index is 0.105. The first-order valence-corrected chi connectivity index (χ1v) is 8.05. The molecule has 2 fully saturated rings. The minimum Gasteiger partial charge on any atom is -0.337 e. The van der Waals surface area contributed by atoms with Crippen LogP contribution in [-0.4, -0.2) is 47.4 Å². The van der Waals surface area contributed by atoms with Crippen molar-refractivity contribution in [3.63, 3.8) is 0 Å². The van der Waals surface area contributed by atoms with Crippen molar-refractivity contribution in [2.24, 2.45) is 5.73 Å². The molecule has 21 heavy (non-hydrogen) atoms. The van der Waals surface area contributed by atoms with E-state index in [-0.39, 0.29) is 12.5 Å². The molecule has 0 aromatic heterocycles. The number of rotatable bonds is 6. The van der Waals surface area contributed by atoms with Gasteiger partial charge in [0, 0.05) is 31.7 Å². The fourth-order valence-corrected chi connectivity index (χ4v) is 3.34. The number of carbonyl (C=O) groups is 1. The third-order valence-electron chi connectivity index (χ3n) is 4.61. The molecule has 0 spiro atoms. The largest absolute Gasteiger partial charge is 0.337 e. The van der Waals surface area contributed by atoms with Gasteiger partial charge in [-0.3, -0.25) is 9.69 Å². The van der Waals surface area contributed by atoms with Gasteiger partial charge in [0.05, 0.1) is 6.54 Å². The van der Waals surface area contributed by atoms with Crippen molar-refractivity contribution in [3.8, 4) is 0 Å². The third-order valence-corrected chi connectivity index (χ3v) is 4.61. The highest BCUT2D eigenvalue weighted by molar-refractivity contribution is 5.78. The van der Waals surface area contributed by atoms with Crippen LogP contribution in [0.5, 0.6) is 0 Å². The molecular formula is C17H25N3O. The molecule has 1 amide bonds. The lowest BCUT2D eigenvalue weighted by molar-refractivity contribution is -0.130. The quantitative estimate of drug-likeness (QED) is 0.864. The molecule has 2 N–H and O–H groups in total. The first-order chi connectivity index (χ1) is 10.3. The highest BCUT2D eigenvalue weighted by atomic mass is 16.2. The van der Waals surface area contributed by atoms with Gasteiger partial charge in [-0.2, -0.15) is 0 Å². The van der Waals surface area contributed by atoms with E-state index in [4.69, 9.17) is 5.73 Å². The molecule has 1 aliphatic heterocycles. The molecule has 1 aliphatic carbocycles. The van der Waals surface area contributed by atoms with Crippen LogP contribution in [0.15, 0.2) is 30.3 Å². The first kappa shape index (κ1) is 14.5. The Kier molecular flexibility index (Phi) is 4.56. The van der Waals surface area contributed by atoms with E-state index in [1.54, 1.807) is 0 Å². The van der Waals surface area contributed by atoms with Crippen molar-refractivity contribution in [2.45, 2.75) is 44.3 Å². The molecular weight excluding hydrogens is 262 g/mol. The Morgan fingerprint density at radius 1 is 1.24 bits per heavy atom. The van der Waals surface area contributed by atoms with Crippen LogP contribution in [-0.2, 0) is 11.3 Å².